The fourth-order valence-corrected chi connectivity index (χ4v) is 1.56. The normalized spacial score (nSPS) is 10.5. The Morgan fingerprint density at radius 3 is 2.67 bits per heavy atom. The molecule has 1 aromatic rings. The fraction of sp³-hybridized carbons (Fsp3) is 0.250. The van der Waals surface area contributed by atoms with Crippen molar-refractivity contribution < 1.29 is 18.3 Å². The van der Waals surface area contributed by atoms with E-state index in [1.54, 1.807) is 0 Å². The molecule has 1 heterocycles. The van der Waals surface area contributed by atoms with Gasteiger partial charge in [-0.05, 0) is 33.6 Å². The van der Waals surface area contributed by atoms with Crippen LogP contribution in [-0.4, -0.2) is 17.3 Å². The van der Waals surface area contributed by atoms with Crippen LogP contribution >= 0.6 is 27.5 Å². The average Bonchev–Trinajstić information content (AvgIpc) is 2.16. The zero-order chi connectivity index (χ0) is 11.6. The molecule has 0 aliphatic carbocycles. The molecular weight excluding hydrogens is 295 g/mol. The molecule has 0 aromatic carbocycles. The Morgan fingerprint density at radius 2 is 2.27 bits per heavy atom. The third-order valence-electron chi connectivity index (χ3n) is 1.58. The minimum Gasteiger partial charge on any atom is -0.480 e. The van der Waals surface area contributed by atoms with Crippen LogP contribution in [-0.2, 0) is 0 Å². The molecule has 0 fully saturated rings. The number of nitrogens with zero attached hydrogens (tertiary/aromatic N) is 1. The topological polar surface area (TPSA) is 39.2 Å². The van der Waals surface area contributed by atoms with Gasteiger partial charge in [0.05, 0.1) is 12.7 Å². The van der Waals surface area contributed by atoms with Crippen molar-refractivity contribution in [3.05, 3.63) is 21.8 Å². The minimum atomic E-state index is -2.76. The van der Waals surface area contributed by atoms with E-state index >= 15 is 0 Å². The predicted octanol–water partition coefficient (Wildman–Crippen LogP) is 3.17. The van der Waals surface area contributed by atoms with Gasteiger partial charge in [-0.25, -0.2) is 13.8 Å². The first-order chi connectivity index (χ1) is 6.97. The largest absolute Gasteiger partial charge is 0.480 e. The van der Waals surface area contributed by atoms with E-state index in [0.717, 1.165) is 6.07 Å². The van der Waals surface area contributed by atoms with Crippen molar-refractivity contribution >= 4 is 32.8 Å². The summed E-state index contributed by atoms with van der Waals surface area (Å²) in [6.07, 6.45) is -2.76. The van der Waals surface area contributed by atoms with Crippen molar-refractivity contribution in [2.24, 2.45) is 0 Å². The number of ether oxygens (including phenoxy) is 1. The van der Waals surface area contributed by atoms with Gasteiger partial charge >= 0.3 is 0 Å². The number of halogens is 4. The quantitative estimate of drug-likeness (QED) is 0.805. The van der Waals surface area contributed by atoms with Crippen molar-refractivity contribution in [2.75, 3.05) is 7.11 Å². The maximum absolute atomic E-state index is 12.4. The summed E-state index contributed by atoms with van der Waals surface area (Å²) >= 11 is 8.09. The Hall–Kier alpha value is -0.750. The number of aromatic nitrogens is 1. The van der Waals surface area contributed by atoms with E-state index in [1.165, 1.54) is 7.11 Å². The lowest BCUT2D eigenvalue weighted by molar-refractivity contribution is 0.107. The summed E-state index contributed by atoms with van der Waals surface area (Å²) in [5.74, 6) is -0.214. The summed E-state index contributed by atoms with van der Waals surface area (Å²) in [5, 5.41) is -0.819. The highest BCUT2D eigenvalue weighted by Gasteiger charge is 2.20. The third kappa shape index (κ3) is 2.63. The zero-order valence-electron chi connectivity index (χ0n) is 7.43. The number of rotatable bonds is 3. The molecule has 0 amide bonds. The van der Waals surface area contributed by atoms with Crippen LogP contribution in [0.2, 0.25) is 0 Å². The van der Waals surface area contributed by atoms with Crippen molar-refractivity contribution in [3.8, 4) is 5.88 Å². The van der Waals surface area contributed by atoms with Crippen LogP contribution in [0.25, 0.3) is 0 Å². The SMILES string of the molecule is COc1nc(C(F)F)c(Br)cc1C(=O)Cl. The molecular formula is C8H5BrClF2NO2. The molecule has 0 unspecified atom stereocenters. The second-order valence-electron chi connectivity index (χ2n) is 2.49. The number of carbonyl (C=O) groups excluding carboxylic acids is 1. The van der Waals surface area contributed by atoms with E-state index in [0.29, 0.717) is 0 Å². The molecule has 3 nitrogen and oxygen atoms in total. The molecule has 15 heavy (non-hydrogen) atoms. The molecule has 0 saturated carbocycles. The van der Waals surface area contributed by atoms with Gasteiger partial charge in [0, 0.05) is 4.47 Å². The van der Waals surface area contributed by atoms with Crippen LogP contribution < -0.4 is 4.74 Å². The summed E-state index contributed by atoms with van der Waals surface area (Å²) in [6, 6.07) is 1.16. The Balaban J connectivity index is 3.35. The van der Waals surface area contributed by atoms with Crippen molar-refractivity contribution in [2.45, 2.75) is 6.43 Å². The lowest BCUT2D eigenvalue weighted by atomic mass is 10.2. The molecule has 7 heteroatoms. The van der Waals surface area contributed by atoms with Gasteiger partial charge in [0.15, 0.2) is 0 Å². The van der Waals surface area contributed by atoms with E-state index in [2.05, 4.69) is 25.7 Å². The Kier molecular flexibility index (Phi) is 3.98. The molecule has 0 spiro atoms. The van der Waals surface area contributed by atoms with Gasteiger partial charge in [-0.1, -0.05) is 0 Å². The highest BCUT2D eigenvalue weighted by molar-refractivity contribution is 9.10. The summed E-state index contributed by atoms with van der Waals surface area (Å²) < 4.78 is 29.5. The number of carbonyl (C=O) groups is 1. The number of hydrogen-bond donors (Lipinski definition) is 0. The van der Waals surface area contributed by atoms with Crippen LogP contribution in [0.1, 0.15) is 22.5 Å². The van der Waals surface area contributed by atoms with E-state index in [1.807, 2.05) is 0 Å². The number of alkyl halides is 2. The fourth-order valence-electron chi connectivity index (χ4n) is 0.935. The predicted molar refractivity (Wildman–Crippen MR) is 53.6 cm³/mol. The third-order valence-corrected chi connectivity index (χ3v) is 2.42. The summed E-state index contributed by atoms with van der Waals surface area (Å²) in [7, 11) is 1.22. The van der Waals surface area contributed by atoms with Gasteiger partial charge in [-0.3, -0.25) is 4.79 Å². The molecule has 0 N–H and O–H groups in total. The maximum Gasteiger partial charge on any atom is 0.281 e. The van der Waals surface area contributed by atoms with E-state index in [9.17, 15) is 13.6 Å². The average molecular weight is 300 g/mol. The van der Waals surface area contributed by atoms with Gasteiger partial charge in [-0.2, -0.15) is 0 Å². The second-order valence-corrected chi connectivity index (χ2v) is 3.68. The first-order valence-corrected chi connectivity index (χ1v) is 4.87. The maximum atomic E-state index is 12.4. The molecule has 82 valence electrons. The lowest BCUT2D eigenvalue weighted by Gasteiger charge is -2.08. The van der Waals surface area contributed by atoms with Gasteiger partial charge in [0.2, 0.25) is 5.88 Å². The highest BCUT2D eigenvalue weighted by atomic mass is 79.9. The van der Waals surface area contributed by atoms with Gasteiger partial charge in [0.1, 0.15) is 5.69 Å². The van der Waals surface area contributed by atoms with Gasteiger partial charge in [-0.15, -0.1) is 0 Å². The van der Waals surface area contributed by atoms with Crippen LogP contribution in [0.3, 0.4) is 0 Å². The number of methoxy groups -OCH3 is 1. The van der Waals surface area contributed by atoms with E-state index in [4.69, 9.17) is 11.6 Å². The molecule has 0 atom stereocenters. The van der Waals surface area contributed by atoms with Crippen LogP contribution in [0.5, 0.6) is 5.88 Å². The molecule has 0 bridgehead atoms. The number of hydrogen-bond acceptors (Lipinski definition) is 3. The standard InChI is InChI=1S/C8H5BrClF2NO2/c1-15-8-3(6(10)14)2-4(9)5(13-8)7(11)12/h2,7H,1H3. The van der Waals surface area contributed by atoms with Crippen molar-refractivity contribution in [1.82, 2.24) is 4.98 Å². The van der Waals surface area contributed by atoms with E-state index in [-0.39, 0.29) is 15.9 Å². The van der Waals surface area contributed by atoms with Crippen molar-refractivity contribution in [3.63, 3.8) is 0 Å². The lowest BCUT2D eigenvalue weighted by Crippen LogP contribution is -2.02. The molecule has 0 saturated heterocycles. The second kappa shape index (κ2) is 4.85. The highest BCUT2D eigenvalue weighted by Crippen LogP contribution is 2.30. The first-order valence-electron chi connectivity index (χ1n) is 3.69. The van der Waals surface area contributed by atoms with Crippen molar-refractivity contribution in [1.29, 1.82) is 0 Å². The van der Waals surface area contributed by atoms with Crippen LogP contribution in [0.15, 0.2) is 10.5 Å². The summed E-state index contributed by atoms with van der Waals surface area (Å²) in [4.78, 5) is 14.4. The zero-order valence-corrected chi connectivity index (χ0v) is 9.77. The summed E-state index contributed by atoms with van der Waals surface area (Å²) in [6.45, 7) is 0. The van der Waals surface area contributed by atoms with Gasteiger partial charge in [0.25, 0.3) is 11.7 Å². The van der Waals surface area contributed by atoms with E-state index < -0.39 is 17.4 Å². The minimum absolute atomic E-state index is 0.0160. The molecule has 0 aliphatic heterocycles. The number of pyridine rings is 1. The monoisotopic (exact) mass is 299 g/mol. The molecule has 0 aliphatic rings. The summed E-state index contributed by atoms with van der Waals surface area (Å²) in [5.41, 5.74) is -0.552. The Bertz CT molecular complexity index is 400. The molecule has 1 rings (SSSR count). The van der Waals surface area contributed by atoms with Gasteiger partial charge < -0.3 is 4.74 Å². The van der Waals surface area contributed by atoms with Crippen LogP contribution in [0, 0.1) is 0 Å². The Labute approximate surface area is 97.5 Å². The molecule has 1 aromatic heterocycles. The Morgan fingerprint density at radius 1 is 1.67 bits per heavy atom. The van der Waals surface area contributed by atoms with Crippen LogP contribution in [0.4, 0.5) is 8.78 Å². The molecule has 0 radical (unpaired) electrons. The first kappa shape index (κ1) is 12.3. The smallest absolute Gasteiger partial charge is 0.281 e.